The molecule has 0 radical (unpaired) electrons. The van der Waals surface area contributed by atoms with Crippen molar-refractivity contribution >= 4 is 40.0 Å². The van der Waals surface area contributed by atoms with Crippen LogP contribution in [0.3, 0.4) is 0 Å². The molecule has 2 aliphatic rings. The zero-order chi connectivity index (χ0) is 39.7. The minimum Gasteiger partial charge on any atom is -0.449 e. The van der Waals surface area contributed by atoms with Crippen LogP contribution in [0.5, 0.6) is 0 Å². The molecule has 6 aromatic rings. The predicted molar refractivity (Wildman–Crippen MR) is 222 cm³/mol. The maximum Gasteiger partial charge on any atom is 0.407 e. The average molecular weight is 767 g/mol. The van der Waals surface area contributed by atoms with Crippen molar-refractivity contribution in [3.05, 3.63) is 114 Å². The number of likely N-dealkylation sites (tertiary alicyclic amines) is 1. The Labute approximate surface area is 333 Å². The SMILES string of the molecule is CCn1c(-c2nc3cc(C(=O)N4CCCC(NC(=O)OC(C)(C)C)C4)ccc3n2CCCNC(=O)OCC2c3ccccc3-c3ccccc32)cc2ccccc21. The number of carbonyl (C=O) groups excluding carboxylic acids is 3. The molecular weight excluding hydrogens is 717 g/mol. The van der Waals surface area contributed by atoms with Crippen LogP contribution in [0, 0.1) is 0 Å². The summed E-state index contributed by atoms with van der Waals surface area (Å²) in [4.78, 5) is 46.4. The number of carbonyl (C=O) groups is 3. The molecule has 4 aromatic carbocycles. The van der Waals surface area contributed by atoms with Gasteiger partial charge in [0.25, 0.3) is 5.91 Å². The third kappa shape index (κ3) is 7.83. The molecule has 1 atom stereocenters. The first-order chi connectivity index (χ1) is 27.6. The minimum absolute atomic E-state index is 0.00430. The number of nitrogens with one attached hydrogen (secondary N) is 2. The summed E-state index contributed by atoms with van der Waals surface area (Å²) in [5, 5.41) is 7.04. The second kappa shape index (κ2) is 15.8. The number of benzene rings is 4. The first kappa shape index (κ1) is 37.8. The van der Waals surface area contributed by atoms with Gasteiger partial charge in [0.05, 0.1) is 16.7 Å². The molecule has 1 aliphatic carbocycles. The average Bonchev–Trinajstić information content (AvgIpc) is 3.86. The Morgan fingerprint density at radius 2 is 1.56 bits per heavy atom. The summed E-state index contributed by atoms with van der Waals surface area (Å²) in [6.07, 6.45) is 1.27. The molecule has 1 aliphatic heterocycles. The Hall–Kier alpha value is -6.10. The van der Waals surface area contributed by atoms with E-state index >= 15 is 0 Å². The fraction of sp³-hybridized carbons (Fsp3) is 0.348. The maximum absolute atomic E-state index is 13.9. The first-order valence-corrected chi connectivity index (χ1v) is 20.0. The molecule has 11 nitrogen and oxygen atoms in total. The van der Waals surface area contributed by atoms with Crippen LogP contribution < -0.4 is 10.6 Å². The summed E-state index contributed by atoms with van der Waals surface area (Å²) in [6, 6.07) is 32.6. The van der Waals surface area contributed by atoms with E-state index in [2.05, 4.69) is 69.2 Å². The monoisotopic (exact) mass is 766 g/mol. The van der Waals surface area contributed by atoms with E-state index in [-0.39, 0.29) is 24.5 Å². The van der Waals surface area contributed by atoms with Gasteiger partial charge in [-0.15, -0.1) is 0 Å². The predicted octanol–water partition coefficient (Wildman–Crippen LogP) is 8.74. The van der Waals surface area contributed by atoms with Gasteiger partial charge in [-0.3, -0.25) is 4.79 Å². The Bertz CT molecular complexity index is 2410. The number of fused-ring (bicyclic) bond motifs is 5. The molecule has 8 rings (SSSR count). The number of piperidine rings is 1. The number of alkyl carbamates (subject to hydrolysis) is 2. The van der Waals surface area contributed by atoms with Crippen molar-refractivity contribution in [3.63, 3.8) is 0 Å². The topological polar surface area (TPSA) is 120 Å². The number of ether oxygens (including phenoxy) is 2. The Kier molecular flexibility index (Phi) is 10.5. The van der Waals surface area contributed by atoms with E-state index in [1.54, 1.807) is 4.90 Å². The van der Waals surface area contributed by atoms with Gasteiger partial charge >= 0.3 is 12.2 Å². The third-order valence-electron chi connectivity index (χ3n) is 11.0. The third-order valence-corrected chi connectivity index (χ3v) is 11.0. The van der Waals surface area contributed by atoms with E-state index < -0.39 is 17.8 Å². The van der Waals surface area contributed by atoms with Gasteiger partial charge < -0.3 is 34.1 Å². The largest absolute Gasteiger partial charge is 0.449 e. The van der Waals surface area contributed by atoms with Gasteiger partial charge in [0.15, 0.2) is 5.82 Å². The maximum atomic E-state index is 13.9. The number of rotatable bonds is 10. The van der Waals surface area contributed by atoms with Gasteiger partial charge in [-0.2, -0.15) is 0 Å². The van der Waals surface area contributed by atoms with Crippen LogP contribution >= 0.6 is 0 Å². The number of hydrogen-bond donors (Lipinski definition) is 2. The van der Waals surface area contributed by atoms with Crippen LogP contribution in [0.25, 0.3) is 44.6 Å². The summed E-state index contributed by atoms with van der Waals surface area (Å²) in [7, 11) is 0. The number of amides is 3. The standard InChI is InChI=1S/C46H50N6O5/c1-5-51-39-20-11-6-14-30(39)27-41(51)42-49-38-26-31(43(53)50-24-12-15-32(28-50)48-45(55)57-46(2,3)4)21-22-40(38)52(42)25-13-23-47-44(54)56-29-37-35-18-9-7-16-33(35)34-17-8-10-19-36(34)37/h6-11,14,16-22,26-27,32,37H,5,12-13,15,23-25,28-29H2,1-4H3,(H,47,54)(H,48,55). The zero-order valence-corrected chi connectivity index (χ0v) is 33.1. The Balaban J connectivity index is 0.982. The van der Waals surface area contributed by atoms with E-state index in [9.17, 15) is 14.4 Å². The van der Waals surface area contributed by atoms with E-state index in [1.165, 1.54) is 22.3 Å². The van der Waals surface area contributed by atoms with Gasteiger partial charge in [0.2, 0.25) is 0 Å². The second-order valence-electron chi connectivity index (χ2n) is 16.0. The van der Waals surface area contributed by atoms with Crippen LogP contribution in [0.15, 0.2) is 97.1 Å². The molecule has 0 saturated carbocycles. The smallest absolute Gasteiger partial charge is 0.407 e. The Morgan fingerprint density at radius 1 is 0.842 bits per heavy atom. The quantitative estimate of drug-likeness (QED) is 0.135. The molecule has 294 valence electrons. The number of nitrogens with zero attached hydrogens (tertiary/aromatic N) is 4. The lowest BCUT2D eigenvalue weighted by molar-refractivity contribution is 0.0452. The fourth-order valence-electron chi connectivity index (χ4n) is 8.43. The fourth-order valence-corrected chi connectivity index (χ4v) is 8.43. The summed E-state index contributed by atoms with van der Waals surface area (Å²) >= 11 is 0. The van der Waals surface area contributed by atoms with Gasteiger partial charge in [-0.25, -0.2) is 14.6 Å². The van der Waals surface area contributed by atoms with Crippen LogP contribution in [0.4, 0.5) is 9.59 Å². The van der Waals surface area contributed by atoms with Crippen LogP contribution in [0.2, 0.25) is 0 Å². The van der Waals surface area contributed by atoms with Gasteiger partial charge in [-0.1, -0.05) is 66.7 Å². The molecule has 0 spiro atoms. The highest BCUT2D eigenvalue weighted by Gasteiger charge is 2.30. The molecule has 3 amide bonds. The van der Waals surface area contributed by atoms with Gasteiger partial charge in [0, 0.05) is 61.1 Å². The molecular formula is C46H50N6O5. The number of para-hydroxylation sites is 1. The highest BCUT2D eigenvalue weighted by atomic mass is 16.6. The molecule has 1 unspecified atom stereocenters. The highest BCUT2D eigenvalue weighted by Crippen LogP contribution is 2.44. The zero-order valence-electron chi connectivity index (χ0n) is 33.1. The minimum atomic E-state index is -0.601. The normalized spacial score (nSPS) is 15.4. The van der Waals surface area contributed by atoms with Crippen molar-refractivity contribution in [3.8, 4) is 22.6 Å². The van der Waals surface area contributed by atoms with E-state index in [4.69, 9.17) is 14.5 Å². The van der Waals surface area contributed by atoms with E-state index in [0.717, 1.165) is 47.3 Å². The molecule has 1 fully saturated rings. The molecule has 2 N–H and O–H groups in total. The summed E-state index contributed by atoms with van der Waals surface area (Å²) in [6.45, 7) is 10.6. The number of hydrogen-bond acceptors (Lipinski definition) is 6. The summed E-state index contributed by atoms with van der Waals surface area (Å²) in [5.41, 5.74) is 8.41. The number of aromatic nitrogens is 3. The van der Waals surface area contributed by atoms with Gasteiger partial charge in [-0.05, 0) is 99.5 Å². The van der Waals surface area contributed by atoms with Crippen molar-refractivity contribution < 1.29 is 23.9 Å². The summed E-state index contributed by atoms with van der Waals surface area (Å²) < 4.78 is 15.7. The second-order valence-corrected chi connectivity index (χ2v) is 16.0. The lowest BCUT2D eigenvalue weighted by Gasteiger charge is -2.33. The molecule has 11 heteroatoms. The van der Waals surface area contributed by atoms with E-state index in [0.29, 0.717) is 43.7 Å². The molecule has 2 aromatic heterocycles. The molecule has 0 bridgehead atoms. The van der Waals surface area contributed by atoms with Crippen LogP contribution in [-0.2, 0) is 22.6 Å². The van der Waals surface area contributed by atoms with Crippen LogP contribution in [-0.4, -0.2) is 75.0 Å². The Morgan fingerprint density at radius 3 is 2.30 bits per heavy atom. The molecule has 3 heterocycles. The van der Waals surface area contributed by atoms with Gasteiger partial charge in [0.1, 0.15) is 12.2 Å². The molecule has 1 saturated heterocycles. The van der Waals surface area contributed by atoms with Crippen LogP contribution in [0.1, 0.15) is 74.4 Å². The van der Waals surface area contributed by atoms with Crippen molar-refractivity contribution in [2.45, 2.75) is 77.6 Å². The number of aryl methyl sites for hydroxylation is 2. The van der Waals surface area contributed by atoms with Crippen molar-refractivity contribution in [2.75, 3.05) is 26.2 Å². The van der Waals surface area contributed by atoms with Crippen molar-refractivity contribution in [2.24, 2.45) is 0 Å². The lowest BCUT2D eigenvalue weighted by Crippen LogP contribution is -2.50. The lowest BCUT2D eigenvalue weighted by atomic mass is 9.98. The highest BCUT2D eigenvalue weighted by molar-refractivity contribution is 5.98. The van der Waals surface area contributed by atoms with Crippen molar-refractivity contribution in [1.82, 2.24) is 29.7 Å². The molecule has 57 heavy (non-hydrogen) atoms. The van der Waals surface area contributed by atoms with E-state index in [1.807, 2.05) is 75.4 Å². The number of imidazole rings is 1. The first-order valence-electron chi connectivity index (χ1n) is 20.0. The van der Waals surface area contributed by atoms with Crippen molar-refractivity contribution in [1.29, 1.82) is 0 Å². The summed E-state index contributed by atoms with van der Waals surface area (Å²) in [5.74, 6) is 0.697.